The van der Waals surface area contributed by atoms with Crippen LogP contribution in [0.15, 0.2) is 27.8 Å². The van der Waals surface area contributed by atoms with E-state index in [9.17, 15) is 0 Å². The van der Waals surface area contributed by atoms with Gasteiger partial charge in [0.05, 0.1) is 6.26 Å². The maximum Gasteiger partial charge on any atom is 0.191 e. The highest BCUT2D eigenvalue weighted by Crippen LogP contribution is 2.28. The molecule has 0 saturated heterocycles. The summed E-state index contributed by atoms with van der Waals surface area (Å²) < 4.78 is 11.0. The maximum absolute atomic E-state index is 5.66. The Bertz CT molecular complexity index is 439. The molecule has 1 aromatic rings. The Balaban J connectivity index is 1.60. The van der Waals surface area contributed by atoms with E-state index in [0.717, 1.165) is 63.3 Å². The zero-order chi connectivity index (χ0) is 16.3. The Hall–Kier alpha value is -1.49. The quantitative estimate of drug-likeness (QED) is 0.374. The zero-order valence-corrected chi connectivity index (χ0v) is 14.5. The van der Waals surface area contributed by atoms with Gasteiger partial charge in [-0.05, 0) is 43.2 Å². The smallest absolute Gasteiger partial charge is 0.191 e. The van der Waals surface area contributed by atoms with Crippen molar-refractivity contribution in [3.05, 3.63) is 24.2 Å². The summed E-state index contributed by atoms with van der Waals surface area (Å²) in [4.78, 5) is 4.62. The van der Waals surface area contributed by atoms with Gasteiger partial charge in [0, 0.05) is 39.3 Å². The van der Waals surface area contributed by atoms with Crippen molar-refractivity contribution < 1.29 is 9.15 Å². The van der Waals surface area contributed by atoms with Gasteiger partial charge in [-0.15, -0.1) is 0 Å². The molecule has 0 amide bonds. The van der Waals surface area contributed by atoms with Gasteiger partial charge in [-0.2, -0.15) is 0 Å². The average Bonchev–Trinajstić information content (AvgIpc) is 3.21. The van der Waals surface area contributed by atoms with Gasteiger partial charge in [0.25, 0.3) is 0 Å². The van der Waals surface area contributed by atoms with Crippen LogP contribution in [0.1, 0.15) is 38.9 Å². The third-order valence-corrected chi connectivity index (χ3v) is 3.67. The highest BCUT2D eigenvalue weighted by molar-refractivity contribution is 5.79. The third-order valence-electron chi connectivity index (χ3n) is 3.67. The van der Waals surface area contributed by atoms with Gasteiger partial charge in [0.2, 0.25) is 0 Å². The van der Waals surface area contributed by atoms with Gasteiger partial charge in [-0.3, -0.25) is 4.99 Å². The number of furan rings is 1. The van der Waals surface area contributed by atoms with E-state index in [1.807, 2.05) is 12.1 Å². The van der Waals surface area contributed by atoms with Crippen LogP contribution in [-0.4, -0.2) is 38.8 Å². The molecule has 1 fully saturated rings. The zero-order valence-electron chi connectivity index (χ0n) is 14.5. The van der Waals surface area contributed by atoms with Crippen molar-refractivity contribution in [2.75, 3.05) is 32.8 Å². The molecule has 1 saturated carbocycles. The predicted molar refractivity (Wildman–Crippen MR) is 93.7 cm³/mol. The van der Waals surface area contributed by atoms with Crippen LogP contribution in [0.3, 0.4) is 0 Å². The molecule has 2 N–H and O–H groups in total. The van der Waals surface area contributed by atoms with Crippen LogP contribution < -0.4 is 10.6 Å². The number of ether oxygens (including phenoxy) is 1. The number of hydrogen-bond acceptors (Lipinski definition) is 3. The third kappa shape index (κ3) is 8.65. The average molecular weight is 321 g/mol. The largest absolute Gasteiger partial charge is 0.469 e. The summed E-state index contributed by atoms with van der Waals surface area (Å²) in [5.74, 6) is 3.27. The van der Waals surface area contributed by atoms with Crippen molar-refractivity contribution in [2.45, 2.75) is 39.5 Å². The molecule has 0 aromatic carbocycles. The molecule has 1 heterocycles. The molecular formula is C18H31N3O2. The summed E-state index contributed by atoms with van der Waals surface area (Å²) in [6, 6.07) is 3.92. The molecule has 5 nitrogen and oxygen atoms in total. The van der Waals surface area contributed by atoms with Crippen molar-refractivity contribution in [2.24, 2.45) is 16.8 Å². The van der Waals surface area contributed by atoms with Crippen LogP contribution in [0.2, 0.25) is 0 Å². The van der Waals surface area contributed by atoms with Gasteiger partial charge in [0.1, 0.15) is 5.76 Å². The first kappa shape index (κ1) is 17.9. The summed E-state index contributed by atoms with van der Waals surface area (Å²) >= 11 is 0. The lowest BCUT2D eigenvalue weighted by Crippen LogP contribution is -2.39. The van der Waals surface area contributed by atoms with Crippen molar-refractivity contribution in [3.63, 3.8) is 0 Å². The molecule has 0 atom stereocenters. The second-order valence-electron chi connectivity index (χ2n) is 6.64. The Labute approximate surface area is 139 Å². The number of hydrogen-bond donors (Lipinski definition) is 2. The van der Waals surface area contributed by atoms with Crippen LogP contribution in [0.5, 0.6) is 0 Å². The molecule has 0 bridgehead atoms. The first-order valence-electron chi connectivity index (χ1n) is 8.86. The van der Waals surface area contributed by atoms with Gasteiger partial charge < -0.3 is 19.8 Å². The van der Waals surface area contributed by atoms with E-state index in [-0.39, 0.29) is 0 Å². The minimum absolute atomic E-state index is 0.556. The number of nitrogens with zero attached hydrogens (tertiary/aromatic N) is 1. The van der Waals surface area contributed by atoms with E-state index in [2.05, 4.69) is 29.5 Å². The molecule has 23 heavy (non-hydrogen) atoms. The van der Waals surface area contributed by atoms with Crippen LogP contribution in [0.4, 0.5) is 0 Å². The molecule has 0 aliphatic heterocycles. The SMILES string of the molecule is CC(C)CN=C(NCCCOCC1CC1)NCCc1ccco1. The molecule has 2 rings (SSSR count). The van der Waals surface area contributed by atoms with E-state index in [1.165, 1.54) is 12.8 Å². The number of aliphatic imine (C=N–C) groups is 1. The fraction of sp³-hybridized carbons (Fsp3) is 0.722. The minimum atomic E-state index is 0.556. The lowest BCUT2D eigenvalue weighted by molar-refractivity contribution is 0.123. The van der Waals surface area contributed by atoms with Crippen molar-refractivity contribution in [3.8, 4) is 0 Å². The van der Waals surface area contributed by atoms with Crippen LogP contribution >= 0.6 is 0 Å². The first-order chi connectivity index (χ1) is 11.2. The summed E-state index contributed by atoms with van der Waals surface area (Å²) in [5.41, 5.74) is 0. The molecule has 0 unspecified atom stereocenters. The lowest BCUT2D eigenvalue weighted by Gasteiger charge is -2.13. The Morgan fingerprint density at radius 2 is 2.17 bits per heavy atom. The Morgan fingerprint density at radius 1 is 1.35 bits per heavy atom. The lowest BCUT2D eigenvalue weighted by atomic mass is 10.2. The van der Waals surface area contributed by atoms with Gasteiger partial charge in [-0.25, -0.2) is 0 Å². The number of guanidine groups is 1. The molecule has 1 aliphatic rings. The van der Waals surface area contributed by atoms with Gasteiger partial charge in [-0.1, -0.05) is 13.8 Å². The maximum atomic E-state index is 5.66. The minimum Gasteiger partial charge on any atom is -0.469 e. The molecule has 1 aliphatic carbocycles. The van der Waals surface area contributed by atoms with Crippen LogP contribution in [-0.2, 0) is 11.2 Å². The van der Waals surface area contributed by atoms with Crippen LogP contribution in [0.25, 0.3) is 0 Å². The summed E-state index contributed by atoms with van der Waals surface area (Å²) in [7, 11) is 0. The van der Waals surface area contributed by atoms with Crippen molar-refractivity contribution in [1.82, 2.24) is 10.6 Å². The summed E-state index contributed by atoms with van der Waals surface area (Å²) in [6.45, 7) is 8.65. The van der Waals surface area contributed by atoms with E-state index in [0.29, 0.717) is 5.92 Å². The van der Waals surface area contributed by atoms with Gasteiger partial charge in [0.15, 0.2) is 5.96 Å². The monoisotopic (exact) mass is 321 g/mol. The van der Waals surface area contributed by atoms with Gasteiger partial charge >= 0.3 is 0 Å². The normalized spacial score (nSPS) is 15.2. The summed E-state index contributed by atoms with van der Waals surface area (Å²) in [6.07, 6.45) is 6.28. The predicted octanol–water partition coefficient (Wildman–Crippen LogP) is 2.83. The van der Waals surface area contributed by atoms with E-state index < -0.39 is 0 Å². The molecule has 1 aromatic heterocycles. The second kappa shape index (κ2) is 10.3. The van der Waals surface area contributed by atoms with E-state index in [4.69, 9.17) is 9.15 Å². The molecular weight excluding hydrogens is 290 g/mol. The summed E-state index contributed by atoms with van der Waals surface area (Å²) in [5, 5.41) is 6.76. The van der Waals surface area contributed by atoms with Crippen molar-refractivity contribution in [1.29, 1.82) is 0 Å². The molecule has 130 valence electrons. The topological polar surface area (TPSA) is 58.8 Å². The van der Waals surface area contributed by atoms with E-state index in [1.54, 1.807) is 6.26 Å². The first-order valence-corrected chi connectivity index (χ1v) is 8.86. The van der Waals surface area contributed by atoms with Crippen molar-refractivity contribution >= 4 is 5.96 Å². The highest BCUT2D eigenvalue weighted by atomic mass is 16.5. The van der Waals surface area contributed by atoms with E-state index >= 15 is 0 Å². The fourth-order valence-electron chi connectivity index (χ4n) is 2.12. The Kier molecular flexibility index (Phi) is 8.01. The Morgan fingerprint density at radius 3 is 2.87 bits per heavy atom. The standard InChI is InChI=1S/C18H31N3O2/c1-15(2)13-21-18(20-10-8-17-5-3-12-23-17)19-9-4-11-22-14-16-6-7-16/h3,5,12,15-16H,4,6-11,13-14H2,1-2H3,(H2,19,20,21). The molecule has 0 radical (unpaired) electrons. The fourth-order valence-corrected chi connectivity index (χ4v) is 2.12. The number of rotatable bonds is 11. The number of nitrogens with one attached hydrogen (secondary N) is 2. The highest BCUT2D eigenvalue weighted by Gasteiger charge is 2.20. The molecule has 0 spiro atoms. The second-order valence-corrected chi connectivity index (χ2v) is 6.64. The van der Waals surface area contributed by atoms with Crippen LogP contribution in [0, 0.1) is 11.8 Å². The molecule has 5 heteroatoms.